The molecule has 0 spiro atoms. The van der Waals surface area contributed by atoms with Gasteiger partial charge < -0.3 is 9.47 Å². The summed E-state index contributed by atoms with van der Waals surface area (Å²) in [5.74, 6) is 0.848. The zero-order valence-electron chi connectivity index (χ0n) is 20.1. The summed E-state index contributed by atoms with van der Waals surface area (Å²) in [5.41, 5.74) is 2.84. The Morgan fingerprint density at radius 3 is 2.06 bits per heavy atom. The van der Waals surface area contributed by atoms with Crippen LogP contribution in [0.25, 0.3) is 10.8 Å². The number of ether oxygens (including phenoxy) is 2. The summed E-state index contributed by atoms with van der Waals surface area (Å²) in [7, 11) is -3.83. The van der Waals surface area contributed by atoms with Gasteiger partial charge in [0.15, 0.2) is 11.5 Å². The van der Waals surface area contributed by atoms with Gasteiger partial charge in [-0.15, -0.1) is 0 Å². The smallest absolute Gasteiger partial charge is 0.311 e. The summed E-state index contributed by atoms with van der Waals surface area (Å²) in [4.78, 5) is 12.1. The van der Waals surface area contributed by atoms with Crippen molar-refractivity contribution >= 4 is 32.5 Å². The van der Waals surface area contributed by atoms with Gasteiger partial charge in [-0.25, -0.2) is 8.42 Å². The van der Waals surface area contributed by atoms with Crippen LogP contribution in [-0.4, -0.2) is 14.4 Å². The highest BCUT2D eigenvalue weighted by Crippen LogP contribution is 2.38. The molecule has 0 amide bonds. The van der Waals surface area contributed by atoms with Gasteiger partial charge in [-0.3, -0.25) is 9.52 Å². The number of anilines is 1. The lowest BCUT2D eigenvalue weighted by Gasteiger charge is -2.17. The van der Waals surface area contributed by atoms with Crippen LogP contribution < -0.4 is 14.2 Å². The predicted octanol–water partition coefficient (Wildman–Crippen LogP) is 6.67. The number of benzene rings is 4. The largest absolute Gasteiger partial charge is 0.453 e. The SMILES string of the molecule is CCC(=O)Oc1ccccc1Oc1ccc(NS(=O)(=O)c2c(C)cc(C)cc2C)c2ccccc12. The number of hydrogen-bond donors (Lipinski definition) is 1. The average Bonchev–Trinajstić information content (AvgIpc) is 2.80. The first-order chi connectivity index (χ1) is 16.7. The van der Waals surface area contributed by atoms with Crippen molar-refractivity contribution in [3.8, 4) is 17.2 Å². The molecule has 0 radical (unpaired) electrons. The lowest BCUT2D eigenvalue weighted by molar-refractivity contribution is -0.134. The molecule has 0 heterocycles. The molecule has 35 heavy (non-hydrogen) atoms. The van der Waals surface area contributed by atoms with Gasteiger partial charge in [0, 0.05) is 17.2 Å². The van der Waals surface area contributed by atoms with E-state index < -0.39 is 10.0 Å². The van der Waals surface area contributed by atoms with Crippen LogP contribution in [0.5, 0.6) is 17.2 Å². The number of hydrogen-bond acceptors (Lipinski definition) is 5. The van der Waals surface area contributed by atoms with E-state index in [4.69, 9.17) is 9.47 Å². The summed E-state index contributed by atoms with van der Waals surface area (Å²) in [6.07, 6.45) is 0.242. The molecular weight excluding hydrogens is 462 g/mol. The van der Waals surface area contributed by atoms with Crippen molar-refractivity contribution in [2.75, 3.05) is 4.72 Å². The lowest BCUT2D eigenvalue weighted by Crippen LogP contribution is -2.16. The maximum Gasteiger partial charge on any atom is 0.311 e. The Balaban J connectivity index is 1.73. The number of nitrogens with one attached hydrogen (secondary N) is 1. The van der Waals surface area contributed by atoms with Gasteiger partial charge >= 0.3 is 5.97 Å². The van der Waals surface area contributed by atoms with Crippen LogP contribution in [0.15, 0.2) is 77.7 Å². The van der Waals surface area contributed by atoms with Crippen LogP contribution in [0.1, 0.15) is 30.0 Å². The molecule has 0 fully saturated rings. The summed E-state index contributed by atoms with van der Waals surface area (Å²) in [6, 6.07) is 21.4. The van der Waals surface area contributed by atoms with E-state index in [2.05, 4.69) is 4.72 Å². The van der Waals surface area contributed by atoms with Gasteiger partial charge in [0.2, 0.25) is 0 Å². The summed E-state index contributed by atoms with van der Waals surface area (Å²) in [5, 5.41) is 1.39. The monoisotopic (exact) mass is 489 g/mol. The number of sulfonamides is 1. The molecule has 0 atom stereocenters. The molecule has 0 aliphatic carbocycles. The summed E-state index contributed by atoms with van der Waals surface area (Å²) >= 11 is 0. The molecule has 0 saturated carbocycles. The quantitative estimate of drug-likeness (QED) is 0.231. The normalized spacial score (nSPS) is 11.3. The molecule has 4 rings (SSSR count). The number of carbonyl (C=O) groups is 1. The molecule has 4 aromatic rings. The summed E-state index contributed by atoms with van der Waals surface area (Å²) < 4.78 is 41.0. The Morgan fingerprint density at radius 2 is 1.40 bits per heavy atom. The van der Waals surface area contributed by atoms with Crippen molar-refractivity contribution in [1.82, 2.24) is 0 Å². The minimum atomic E-state index is -3.83. The van der Waals surface area contributed by atoms with Gasteiger partial charge in [-0.2, -0.15) is 0 Å². The highest BCUT2D eigenvalue weighted by atomic mass is 32.2. The Kier molecular flexibility index (Phi) is 6.80. The first kappa shape index (κ1) is 24.3. The van der Waals surface area contributed by atoms with E-state index in [1.807, 2.05) is 43.3 Å². The fourth-order valence-electron chi connectivity index (χ4n) is 4.17. The highest BCUT2D eigenvalue weighted by molar-refractivity contribution is 7.92. The Hall–Kier alpha value is -3.84. The second-order valence-corrected chi connectivity index (χ2v) is 9.99. The van der Waals surface area contributed by atoms with Crippen molar-refractivity contribution in [3.63, 3.8) is 0 Å². The van der Waals surface area contributed by atoms with Crippen LogP contribution in [0.3, 0.4) is 0 Å². The van der Waals surface area contributed by atoms with E-state index in [1.54, 1.807) is 57.2 Å². The van der Waals surface area contributed by atoms with E-state index >= 15 is 0 Å². The highest BCUT2D eigenvalue weighted by Gasteiger charge is 2.22. The van der Waals surface area contributed by atoms with Crippen LogP contribution in [0.2, 0.25) is 0 Å². The number of para-hydroxylation sites is 2. The zero-order valence-corrected chi connectivity index (χ0v) is 20.9. The Bertz CT molecular complexity index is 1500. The van der Waals surface area contributed by atoms with Crippen molar-refractivity contribution in [2.45, 2.75) is 39.0 Å². The number of aryl methyl sites for hydroxylation is 3. The van der Waals surface area contributed by atoms with Gasteiger partial charge in [-0.05, 0) is 56.2 Å². The molecule has 0 aliphatic heterocycles. The Morgan fingerprint density at radius 1 is 0.800 bits per heavy atom. The second kappa shape index (κ2) is 9.80. The van der Waals surface area contributed by atoms with E-state index in [-0.39, 0.29) is 17.3 Å². The van der Waals surface area contributed by atoms with Crippen LogP contribution in [0.4, 0.5) is 5.69 Å². The maximum atomic E-state index is 13.4. The molecule has 180 valence electrons. The number of esters is 1. The van der Waals surface area contributed by atoms with E-state index in [0.29, 0.717) is 44.8 Å². The van der Waals surface area contributed by atoms with Crippen molar-refractivity contribution in [2.24, 2.45) is 0 Å². The van der Waals surface area contributed by atoms with E-state index in [0.717, 1.165) is 5.56 Å². The van der Waals surface area contributed by atoms with Crippen LogP contribution >= 0.6 is 0 Å². The van der Waals surface area contributed by atoms with E-state index in [9.17, 15) is 13.2 Å². The first-order valence-electron chi connectivity index (χ1n) is 11.3. The molecule has 6 nitrogen and oxygen atoms in total. The fraction of sp³-hybridized carbons (Fsp3) is 0.179. The molecule has 4 aromatic carbocycles. The lowest BCUT2D eigenvalue weighted by atomic mass is 10.1. The number of rotatable bonds is 7. The average molecular weight is 490 g/mol. The molecule has 0 bridgehead atoms. The minimum absolute atomic E-state index is 0.242. The van der Waals surface area contributed by atoms with Gasteiger partial charge in [0.25, 0.3) is 10.0 Å². The van der Waals surface area contributed by atoms with Gasteiger partial charge in [0.05, 0.1) is 10.6 Å². The standard InChI is InChI=1S/C28H27NO5S/c1-5-27(30)34-26-13-9-8-12-25(26)33-24-15-14-23(21-10-6-7-11-22(21)24)29-35(31,32)28-19(3)16-18(2)17-20(28)4/h6-17,29H,5H2,1-4H3. The third-order valence-corrected chi connectivity index (χ3v) is 7.25. The van der Waals surface area contributed by atoms with Crippen molar-refractivity contribution < 1.29 is 22.7 Å². The number of fused-ring (bicyclic) bond motifs is 1. The second-order valence-electron chi connectivity index (χ2n) is 8.37. The minimum Gasteiger partial charge on any atom is -0.453 e. The molecule has 0 saturated heterocycles. The topological polar surface area (TPSA) is 81.7 Å². The predicted molar refractivity (Wildman–Crippen MR) is 138 cm³/mol. The molecule has 0 unspecified atom stereocenters. The van der Waals surface area contributed by atoms with Crippen molar-refractivity contribution in [3.05, 3.63) is 89.5 Å². The Labute approximate surface area is 205 Å². The fourth-order valence-corrected chi connectivity index (χ4v) is 5.70. The maximum absolute atomic E-state index is 13.4. The third-order valence-electron chi connectivity index (χ3n) is 5.58. The van der Waals surface area contributed by atoms with Gasteiger partial charge in [0.1, 0.15) is 5.75 Å². The zero-order chi connectivity index (χ0) is 25.2. The third kappa shape index (κ3) is 5.15. The van der Waals surface area contributed by atoms with Crippen LogP contribution in [-0.2, 0) is 14.8 Å². The molecule has 7 heteroatoms. The molecule has 0 aromatic heterocycles. The van der Waals surface area contributed by atoms with Gasteiger partial charge in [-0.1, -0.05) is 61.0 Å². The first-order valence-corrected chi connectivity index (χ1v) is 12.8. The summed E-state index contributed by atoms with van der Waals surface area (Å²) in [6.45, 7) is 7.26. The van der Waals surface area contributed by atoms with Crippen molar-refractivity contribution in [1.29, 1.82) is 0 Å². The molecule has 1 N–H and O–H groups in total. The van der Waals surface area contributed by atoms with E-state index in [1.165, 1.54) is 0 Å². The molecule has 0 aliphatic rings. The van der Waals surface area contributed by atoms with Crippen LogP contribution in [0, 0.1) is 20.8 Å². The number of carbonyl (C=O) groups excluding carboxylic acids is 1. The molecular formula is C28H27NO5S.